The van der Waals surface area contributed by atoms with Gasteiger partial charge in [-0.1, -0.05) is 12.1 Å². The Morgan fingerprint density at radius 2 is 1.74 bits per heavy atom. The third kappa shape index (κ3) is 3.50. The predicted octanol–water partition coefficient (Wildman–Crippen LogP) is 3.22. The Morgan fingerprint density at radius 1 is 1.04 bits per heavy atom. The van der Waals surface area contributed by atoms with Crippen LogP contribution >= 0.6 is 22.6 Å². The summed E-state index contributed by atoms with van der Waals surface area (Å²) < 4.78 is 28.3. The summed E-state index contributed by atoms with van der Waals surface area (Å²) in [5, 5.41) is 0. The van der Waals surface area contributed by atoms with Gasteiger partial charge in [0.15, 0.2) is 0 Å². The van der Waals surface area contributed by atoms with Gasteiger partial charge in [-0.15, -0.1) is 0 Å². The summed E-state index contributed by atoms with van der Waals surface area (Å²) in [4.78, 5) is 13.6. The van der Waals surface area contributed by atoms with Gasteiger partial charge in [-0.2, -0.15) is 0 Å². The highest BCUT2D eigenvalue weighted by atomic mass is 127. The Kier molecular flexibility index (Phi) is 4.58. The van der Waals surface area contributed by atoms with Crippen LogP contribution in [0, 0.1) is 3.57 Å². The molecule has 1 amide bonds. The number of halogens is 1. The first-order valence-corrected chi connectivity index (χ1v) is 9.71. The molecule has 120 valence electrons. The van der Waals surface area contributed by atoms with E-state index in [4.69, 9.17) is 0 Å². The van der Waals surface area contributed by atoms with Crippen molar-refractivity contribution < 1.29 is 13.2 Å². The Balaban J connectivity index is 1.83. The van der Waals surface area contributed by atoms with Crippen molar-refractivity contribution in [2.24, 2.45) is 0 Å². The quantitative estimate of drug-likeness (QED) is 0.740. The Hall–Kier alpha value is -1.61. The van der Waals surface area contributed by atoms with Crippen LogP contribution in [0.1, 0.15) is 12.8 Å². The van der Waals surface area contributed by atoms with Gasteiger partial charge in [0.05, 0.1) is 10.6 Å². The first-order valence-electron chi connectivity index (χ1n) is 7.15. The van der Waals surface area contributed by atoms with E-state index in [0.29, 0.717) is 18.7 Å². The molecule has 0 radical (unpaired) electrons. The summed E-state index contributed by atoms with van der Waals surface area (Å²) in [5.74, 6) is 0.0811. The van der Waals surface area contributed by atoms with Gasteiger partial charge < -0.3 is 4.90 Å². The number of rotatable bonds is 4. The van der Waals surface area contributed by atoms with E-state index >= 15 is 0 Å². The minimum atomic E-state index is -3.65. The second-order valence-electron chi connectivity index (χ2n) is 5.23. The number of benzene rings is 2. The maximum atomic E-state index is 12.5. The molecule has 1 heterocycles. The molecule has 0 aromatic heterocycles. The largest absolute Gasteiger partial charge is 0.312 e. The third-order valence-electron chi connectivity index (χ3n) is 3.65. The fourth-order valence-electron chi connectivity index (χ4n) is 2.47. The lowest BCUT2D eigenvalue weighted by Gasteiger charge is -2.16. The lowest BCUT2D eigenvalue weighted by Crippen LogP contribution is -2.23. The average molecular weight is 442 g/mol. The van der Waals surface area contributed by atoms with E-state index in [1.807, 2.05) is 12.1 Å². The van der Waals surface area contributed by atoms with Crippen molar-refractivity contribution in [3.63, 3.8) is 0 Å². The summed E-state index contributed by atoms with van der Waals surface area (Å²) in [5.41, 5.74) is 1.28. The molecule has 0 atom stereocenters. The monoisotopic (exact) mass is 442 g/mol. The van der Waals surface area contributed by atoms with Crippen LogP contribution < -0.4 is 9.62 Å². The topological polar surface area (TPSA) is 66.5 Å². The summed E-state index contributed by atoms with van der Waals surface area (Å²) in [6.07, 6.45) is 1.39. The Labute approximate surface area is 148 Å². The predicted molar refractivity (Wildman–Crippen MR) is 98.0 cm³/mol. The molecule has 1 fully saturated rings. The number of para-hydroxylation sites is 1. The molecule has 0 unspecified atom stereocenters. The van der Waals surface area contributed by atoms with Crippen LogP contribution in [0.4, 0.5) is 11.4 Å². The highest BCUT2D eigenvalue weighted by Gasteiger charge is 2.22. The lowest BCUT2D eigenvalue weighted by atomic mass is 10.3. The van der Waals surface area contributed by atoms with Crippen molar-refractivity contribution in [2.45, 2.75) is 17.7 Å². The second kappa shape index (κ2) is 6.48. The number of anilines is 2. The maximum absolute atomic E-state index is 12.5. The van der Waals surface area contributed by atoms with Gasteiger partial charge in [-0.25, -0.2) is 8.42 Å². The van der Waals surface area contributed by atoms with E-state index in [1.165, 1.54) is 12.1 Å². The van der Waals surface area contributed by atoms with Crippen LogP contribution in [-0.2, 0) is 14.8 Å². The lowest BCUT2D eigenvalue weighted by molar-refractivity contribution is -0.117. The number of carbonyl (C=O) groups excluding carboxylic acids is 1. The zero-order valence-corrected chi connectivity index (χ0v) is 15.2. The van der Waals surface area contributed by atoms with Gasteiger partial charge in [0.2, 0.25) is 5.91 Å². The van der Waals surface area contributed by atoms with Crippen molar-refractivity contribution >= 4 is 49.9 Å². The minimum Gasteiger partial charge on any atom is -0.312 e. The second-order valence-corrected chi connectivity index (χ2v) is 8.07. The van der Waals surface area contributed by atoms with Gasteiger partial charge in [0.1, 0.15) is 0 Å². The SMILES string of the molecule is O=C1CCCN1c1ccc(S(=O)(=O)Nc2ccccc2I)cc1. The summed E-state index contributed by atoms with van der Waals surface area (Å²) >= 11 is 2.08. The maximum Gasteiger partial charge on any atom is 0.261 e. The summed E-state index contributed by atoms with van der Waals surface area (Å²) in [6.45, 7) is 0.686. The molecule has 1 aliphatic rings. The van der Waals surface area contributed by atoms with Crippen LogP contribution in [-0.4, -0.2) is 20.9 Å². The van der Waals surface area contributed by atoms with Gasteiger partial charge in [-0.3, -0.25) is 9.52 Å². The smallest absolute Gasteiger partial charge is 0.261 e. The van der Waals surface area contributed by atoms with Crippen molar-refractivity contribution in [2.75, 3.05) is 16.2 Å². The molecule has 3 rings (SSSR count). The van der Waals surface area contributed by atoms with E-state index in [-0.39, 0.29) is 10.8 Å². The number of amides is 1. The molecule has 7 heteroatoms. The molecule has 1 aliphatic heterocycles. The summed E-state index contributed by atoms with van der Waals surface area (Å²) in [6, 6.07) is 13.6. The van der Waals surface area contributed by atoms with Crippen molar-refractivity contribution in [3.8, 4) is 0 Å². The normalized spacial score (nSPS) is 15.0. The molecule has 1 saturated heterocycles. The van der Waals surface area contributed by atoms with E-state index in [1.54, 1.807) is 29.2 Å². The van der Waals surface area contributed by atoms with Crippen LogP contribution in [0.25, 0.3) is 0 Å². The molecule has 5 nitrogen and oxygen atoms in total. The van der Waals surface area contributed by atoms with E-state index < -0.39 is 10.0 Å². The number of nitrogens with zero attached hydrogens (tertiary/aromatic N) is 1. The van der Waals surface area contributed by atoms with Gasteiger partial charge in [0.25, 0.3) is 10.0 Å². The molecular weight excluding hydrogens is 427 g/mol. The highest BCUT2D eigenvalue weighted by Crippen LogP contribution is 2.25. The van der Waals surface area contributed by atoms with Crippen LogP contribution in [0.15, 0.2) is 53.4 Å². The summed E-state index contributed by atoms with van der Waals surface area (Å²) in [7, 11) is -3.65. The van der Waals surface area contributed by atoms with Crippen LogP contribution in [0.2, 0.25) is 0 Å². The average Bonchev–Trinajstić information content (AvgIpc) is 2.96. The van der Waals surface area contributed by atoms with Crippen molar-refractivity contribution in [3.05, 3.63) is 52.1 Å². The highest BCUT2D eigenvalue weighted by molar-refractivity contribution is 14.1. The first kappa shape index (κ1) is 16.3. The fraction of sp³-hybridized carbons (Fsp3) is 0.188. The molecule has 2 aromatic rings. The molecule has 0 bridgehead atoms. The molecule has 0 saturated carbocycles. The zero-order valence-electron chi connectivity index (χ0n) is 12.2. The number of nitrogens with one attached hydrogen (secondary N) is 1. The van der Waals surface area contributed by atoms with E-state index in [2.05, 4.69) is 27.3 Å². The first-order chi connectivity index (χ1) is 11.0. The molecule has 0 aliphatic carbocycles. The molecule has 2 aromatic carbocycles. The number of hydrogen-bond donors (Lipinski definition) is 1. The molecular formula is C16H15IN2O3S. The number of carbonyl (C=O) groups is 1. The number of hydrogen-bond acceptors (Lipinski definition) is 3. The standard InChI is InChI=1S/C16H15IN2O3S/c17-14-4-1-2-5-15(14)18-23(21,22)13-9-7-12(8-10-13)19-11-3-6-16(19)20/h1-2,4-5,7-10,18H,3,6,11H2. The zero-order chi connectivity index (χ0) is 16.4. The van der Waals surface area contributed by atoms with Gasteiger partial charge in [0, 0.05) is 22.2 Å². The Bertz CT molecular complexity index is 835. The van der Waals surface area contributed by atoms with E-state index in [9.17, 15) is 13.2 Å². The Morgan fingerprint density at radius 3 is 2.35 bits per heavy atom. The number of sulfonamides is 1. The van der Waals surface area contributed by atoms with Gasteiger partial charge >= 0.3 is 0 Å². The van der Waals surface area contributed by atoms with Crippen LogP contribution in [0.5, 0.6) is 0 Å². The van der Waals surface area contributed by atoms with Gasteiger partial charge in [-0.05, 0) is 65.4 Å². The molecule has 1 N–H and O–H groups in total. The third-order valence-corrected chi connectivity index (χ3v) is 5.97. The molecule has 23 heavy (non-hydrogen) atoms. The van der Waals surface area contributed by atoms with Crippen LogP contribution in [0.3, 0.4) is 0 Å². The minimum absolute atomic E-state index is 0.0811. The molecule has 0 spiro atoms. The van der Waals surface area contributed by atoms with E-state index in [0.717, 1.165) is 15.7 Å². The van der Waals surface area contributed by atoms with Crippen molar-refractivity contribution in [1.29, 1.82) is 0 Å². The van der Waals surface area contributed by atoms with Crippen molar-refractivity contribution in [1.82, 2.24) is 0 Å². The fourth-order valence-corrected chi connectivity index (χ4v) is 4.26.